The van der Waals surface area contributed by atoms with Gasteiger partial charge in [-0.15, -0.1) is 0 Å². The predicted octanol–water partition coefficient (Wildman–Crippen LogP) is 4.04. The summed E-state index contributed by atoms with van der Waals surface area (Å²) in [5, 5.41) is 4.41. The first-order valence-corrected chi connectivity index (χ1v) is 12.8. The van der Waals surface area contributed by atoms with Crippen LogP contribution in [0.15, 0.2) is 42.1 Å². The van der Waals surface area contributed by atoms with Crippen molar-refractivity contribution in [3.8, 4) is 0 Å². The molecule has 2 unspecified atom stereocenters. The van der Waals surface area contributed by atoms with Crippen molar-refractivity contribution >= 4 is 34.7 Å². The highest BCUT2D eigenvalue weighted by atomic mass is 32.2. The van der Waals surface area contributed by atoms with E-state index in [1.807, 2.05) is 11.0 Å². The number of esters is 1. The number of aromatic nitrogens is 2. The van der Waals surface area contributed by atoms with Gasteiger partial charge in [-0.05, 0) is 50.0 Å². The molecule has 9 heteroatoms. The third-order valence-corrected chi connectivity index (χ3v) is 7.35. The molecule has 186 valence electrons. The van der Waals surface area contributed by atoms with E-state index in [1.165, 1.54) is 22.5 Å². The fourth-order valence-corrected chi connectivity index (χ4v) is 5.38. The minimum Gasteiger partial charge on any atom is -0.465 e. The lowest BCUT2D eigenvalue weighted by Gasteiger charge is -2.38. The molecule has 2 heterocycles. The Morgan fingerprint density at radius 3 is 2.69 bits per heavy atom. The number of thioether (sulfide) groups is 1. The van der Waals surface area contributed by atoms with Gasteiger partial charge in [-0.25, -0.2) is 4.39 Å². The Bertz CT molecular complexity index is 1130. The quantitative estimate of drug-likeness (QED) is 0.482. The normalized spacial score (nSPS) is 20.5. The highest BCUT2D eigenvalue weighted by Gasteiger charge is 2.41. The summed E-state index contributed by atoms with van der Waals surface area (Å²) in [5.74, 6) is -0.703. The van der Waals surface area contributed by atoms with E-state index in [9.17, 15) is 18.8 Å². The number of halogens is 1. The zero-order valence-electron chi connectivity index (χ0n) is 20.0. The molecule has 2 atom stereocenters. The second-order valence-electron chi connectivity index (χ2n) is 8.92. The van der Waals surface area contributed by atoms with E-state index in [0.29, 0.717) is 37.4 Å². The van der Waals surface area contributed by atoms with Crippen molar-refractivity contribution in [1.82, 2.24) is 14.7 Å². The largest absolute Gasteiger partial charge is 0.465 e. The molecule has 2 aliphatic rings. The van der Waals surface area contributed by atoms with Crippen LogP contribution in [0.2, 0.25) is 0 Å². The number of hydrogen-bond acceptors (Lipinski definition) is 7. The number of rotatable bonds is 9. The molecule has 35 heavy (non-hydrogen) atoms. The van der Waals surface area contributed by atoms with Crippen molar-refractivity contribution in [2.45, 2.75) is 50.9 Å². The molecule has 1 aromatic heterocycles. The third-order valence-electron chi connectivity index (χ3n) is 6.19. The molecule has 1 aliphatic carbocycles. The summed E-state index contributed by atoms with van der Waals surface area (Å²) in [6.45, 7) is 4.62. The molecule has 4 rings (SSSR count). The smallest absolute Gasteiger partial charge is 0.327 e. The number of carbonyl (C=O) groups is 3. The van der Waals surface area contributed by atoms with Gasteiger partial charge >= 0.3 is 5.97 Å². The lowest BCUT2D eigenvalue weighted by atomic mass is 9.93. The first-order chi connectivity index (χ1) is 16.9. The summed E-state index contributed by atoms with van der Waals surface area (Å²) < 4.78 is 21.3. The first kappa shape index (κ1) is 25.3. The van der Waals surface area contributed by atoms with Crippen LogP contribution < -0.4 is 0 Å². The Labute approximate surface area is 208 Å². The topological polar surface area (TPSA) is 81.5 Å². The van der Waals surface area contributed by atoms with Gasteiger partial charge in [0.05, 0.1) is 18.3 Å². The summed E-state index contributed by atoms with van der Waals surface area (Å²) in [5.41, 5.74) is 2.00. The molecule has 1 saturated heterocycles. The van der Waals surface area contributed by atoms with Crippen LogP contribution >= 0.6 is 11.8 Å². The van der Waals surface area contributed by atoms with Gasteiger partial charge in [-0.1, -0.05) is 30.0 Å². The maximum Gasteiger partial charge on any atom is 0.327 e. The SMILES string of the molecule is CCOC(=O)Cn1ccc(/C=C2/CN(C(C(=O)C3CC3)c3ccccc3F)CCC2SC(C)=O)n1. The summed E-state index contributed by atoms with van der Waals surface area (Å²) in [7, 11) is 0. The average molecular weight is 500 g/mol. The zero-order chi connectivity index (χ0) is 24.9. The second kappa shape index (κ2) is 11.3. The van der Waals surface area contributed by atoms with E-state index >= 15 is 0 Å². The summed E-state index contributed by atoms with van der Waals surface area (Å²) >= 11 is 1.26. The van der Waals surface area contributed by atoms with Crippen molar-refractivity contribution in [3.05, 3.63) is 59.2 Å². The number of likely N-dealkylation sites (tertiary alicyclic amines) is 1. The van der Waals surface area contributed by atoms with Gasteiger partial charge in [0.1, 0.15) is 12.4 Å². The van der Waals surface area contributed by atoms with Crippen LogP contribution in [-0.4, -0.2) is 56.5 Å². The van der Waals surface area contributed by atoms with Gasteiger partial charge in [0, 0.05) is 42.9 Å². The van der Waals surface area contributed by atoms with Crippen molar-refractivity contribution < 1.29 is 23.5 Å². The molecule has 1 aliphatic heterocycles. The molecule has 1 saturated carbocycles. The zero-order valence-corrected chi connectivity index (χ0v) is 20.8. The Balaban J connectivity index is 1.61. The fraction of sp³-hybridized carbons (Fsp3) is 0.462. The molecule has 0 amide bonds. The molecule has 0 N–H and O–H groups in total. The monoisotopic (exact) mass is 499 g/mol. The Morgan fingerprint density at radius 2 is 2.00 bits per heavy atom. The van der Waals surface area contributed by atoms with Crippen LogP contribution in [0.25, 0.3) is 6.08 Å². The number of hydrogen-bond donors (Lipinski definition) is 0. The predicted molar refractivity (Wildman–Crippen MR) is 132 cm³/mol. The van der Waals surface area contributed by atoms with Gasteiger partial charge in [0.25, 0.3) is 0 Å². The molecule has 1 aromatic carbocycles. The molecule has 0 radical (unpaired) electrons. The van der Waals surface area contributed by atoms with E-state index in [4.69, 9.17) is 4.74 Å². The summed E-state index contributed by atoms with van der Waals surface area (Å²) in [6, 6.07) is 7.62. The number of piperidine rings is 1. The number of ether oxygens (including phenoxy) is 1. The van der Waals surface area contributed by atoms with E-state index < -0.39 is 6.04 Å². The van der Waals surface area contributed by atoms with Crippen molar-refractivity contribution in [1.29, 1.82) is 0 Å². The Kier molecular flexibility index (Phi) is 8.18. The van der Waals surface area contributed by atoms with Crippen LogP contribution in [0.4, 0.5) is 4.39 Å². The van der Waals surface area contributed by atoms with Crippen LogP contribution in [0.5, 0.6) is 0 Å². The first-order valence-electron chi connectivity index (χ1n) is 11.9. The number of benzene rings is 1. The van der Waals surface area contributed by atoms with E-state index in [2.05, 4.69) is 5.10 Å². The maximum absolute atomic E-state index is 14.8. The molecule has 2 fully saturated rings. The molecule has 2 aromatic rings. The van der Waals surface area contributed by atoms with Gasteiger partial charge in [-0.3, -0.25) is 24.0 Å². The minimum absolute atomic E-state index is 0.0139. The Hall–Kier alpha value is -2.78. The van der Waals surface area contributed by atoms with E-state index in [-0.39, 0.29) is 40.4 Å². The van der Waals surface area contributed by atoms with Crippen molar-refractivity contribution in [2.75, 3.05) is 19.7 Å². The van der Waals surface area contributed by atoms with Crippen LogP contribution in [0.1, 0.15) is 50.4 Å². The van der Waals surface area contributed by atoms with E-state index in [0.717, 1.165) is 18.4 Å². The standard InChI is InChI=1S/C26H30FN3O4S/c1-3-34-24(32)16-30-13-10-20(28-30)14-19-15-29(12-11-23(19)35-17(2)31)25(26(33)18-8-9-18)21-6-4-5-7-22(21)27/h4-7,10,13-14,18,23,25H,3,8-9,11-12,15-16H2,1-2H3/b19-14-. The van der Waals surface area contributed by atoms with Gasteiger partial charge in [0.15, 0.2) is 10.9 Å². The number of ketones is 1. The van der Waals surface area contributed by atoms with E-state index in [1.54, 1.807) is 44.3 Å². The van der Waals surface area contributed by atoms with Crippen molar-refractivity contribution in [2.24, 2.45) is 5.92 Å². The molecule has 0 bridgehead atoms. The lowest BCUT2D eigenvalue weighted by Crippen LogP contribution is -2.43. The second-order valence-corrected chi connectivity index (χ2v) is 10.3. The number of carbonyl (C=O) groups excluding carboxylic acids is 3. The minimum atomic E-state index is -0.656. The van der Waals surface area contributed by atoms with Gasteiger partial charge in [-0.2, -0.15) is 5.10 Å². The Morgan fingerprint density at radius 1 is 1.23 bits per heavy atom. The average Bonchev–Trinajstić information content (AvgIpc) is 3.58. The number of Topliss-reactive ketones (excluding diaryl/α,β-unsaturated/α-hetero) is 1. The lowest BCUT2D eigenvalue weighted by molar-refractivity contribution is -0.144. The molecule has 7 nitrogen and oxygen atoms in total. The fourth-order valence-electron chi connectivity index (χ4n) is 4.47. The van der Waals surface area contributed by atoms with Crippen molar-refractivity contribution in [3.63, 3.8) is 0 Å². The summed E-state index contributed by atoms with van der Waals surface area (Å²) in [6.07, 6.45) is 5.97. The van der Waals surface area contributed by atoms with Crippen LogP contribution in [0, 0.1) is 11.7 Å². The molecule has 0 spiro atoms. The van der Waals surface area contributed by atoms with Gasteiger partial charge < -0.3 is 4.74 Å². The number of nitrogens with zero attached hydrogens (tertiary/aromatic N) is 3. The van der Waals surface area contributed by atoms with Gasteiger partial charge in [0.2, 0.25) is 0 Å². The molecular formula is C26H30FN3O4S. The highest BCUT2D eigenvalue weighted by molar-refractivity contribution is 8.14. The van der Waals surface area contributed by atoms with Crippen LogP contribution in [0.3, 0.4) is 0 Å². The highest BCUT2D eigenvalue weighted by Crippen LogP contribution is 2.40. The third kappa shape index (κ3) is 6.46. The van der Waals surface area contributed by atoms with Crippen LogP contribution in [-0.2, 0) is 25.7 Å². The maximum atomic E-state index is 14.8. The summed E-state index contributed by atoms with van der Waals surface area (Å²) in [4.78, 5) is 39.0. The molecular weight excluding hydrogens is 469 g/mol.